The van der Waals surface area contributed by atoms with Gasteiger partial charge < -0.3 is 9.79 Å². The van der Waals surface area contributed by atoms with Gasteiger partial charge in [0, 0.05) is 0 Å². The van der Waals surface area contributed by atoms with Gasteiger partial charge in [-0.25, -0.2) is 4.31 Å². The third-order valence-electron chi connectivity index (χ3n) is 1.83. The fourth-order valence-corrected chi connectivity index (χ4v) is 1.81. The first-order valence-electron chi connectivity index (χ1n) is 4.67. The lowest BCUT2D eigenvalue weighted by molar-refractivity contribution is 0.371. The summed E-state index contributed by atoms with van der Waals surface area (Å²) in [5, 5.41) is 2.62. The van der Waals surface area contributed by atoms with Crippen molar-refractivity contribution in [3.8, 4) is 0 Å². The zero-order valence-corrected chi connectivity index (χ0v) is 10.7. The van der Waals surface area contributed by atoms with E-state index in [-0.39, 0.29) is 0 Å². The summed E-state index contributed by atoms with van der Waals surface area (Å²) in [7, 11) is -6.40. The van der Waals surface area contributed by atoms with E-state index in [4.69, 9.17) is 9.79 Å². The first kappa shape index (κ1) is 14.1. The molecule has 0 bridgehead atoms. The summed E-state index contributed by atoms with van der Waals surface area (Å²) in [6, 6.07) is 16.7. The van der Waals surface area contributed by atoms with Gasteiger partial charge in [0.05, 0.1) is 0 Å². The van der Waals surface area contributed by atoms with Gasteiger partial charge in [-0.15, -0.1) is 0 Å². The first-order chi connectivity index (χ1) is 8.09. The second kappa shape index (κ2) is 7.38. The minimum absolute atomic E-state index is 1.31. The van der Waals surface area contributed by atoms with Crippen LogP contribution in [-0.2, 0) is 13.4 Å². The molecular weight excluding hydrogens is 262 g/mol. The van der Waals surface area contributed by atoms with Crippen molar-refractivity contribution in [3.05, 3.63) is 48.5 Å². The van der Waals surface area contributed by atoms with Gasteiger partial charge in [0.2, 0.25) is 0 Å². The SMILES string of the molecule is O=[PH](O)O[PH](=O)O.c1ccc2ccccc2c1. The van der Waals surface area contributed by atoms with Gasteiger partial charge in [0.25, 0.3) is 0 Å². The van der Waals surface area contributed by atoms with E-state index in [1.54, 1.807) is 0 Å². The van der Waals surface area contributed by atoms with Crippen molar-refractivity contribution in [3.63, 3.8) is 0 Å². The summed E-state index contributed by atoms with van der Waals surface area (Å²) in [4.78, 5) is 15.4. The second-order valence-corrected chi connectivity index (χ2v) is 4.86. The Kier molecular flexibility index (Phi) is 6.12. The molecular formula is C10H12O5P2. The minimum atomic E-state index is -3.20. The van der Waals surface area contributed by atoms with E-state index in [0.29, 0.717) is 0 Å². The van der Waals surface area contributed by atoms with Crippen LogP contribution in [0.1, 0.15) is 0 Å². The molecule has 2 aromatic carbocycles. The van der Waals surface area contributed by atoms with Gasteiger partial charge in [-0.2, -0.15) is 0 Å². The highest BCUT2D eigenvalue weighted by Gasteiger charge is 1.93. The van der Waals surface area contributed by atoms with Crippen LogP contribution in [0.3, 0.4) is 0 Å². The molecule has 2 atom stereocenters. The van der Waals surface area contributed by atoms with E-state index >= 15 is 0 Å². The lowest BCUT2D eigenvalue weighted by Crippen LogP contribution is -1.67. The molecule has 92 valence electrons. The number of rotatable bonds is 2. The van der Waals surface area contributed by atoms with Crippen LogP contribution in [-0.4, -0.2) is 9.79 Å². The molecule has 0 aromatic heterocycles. The Balaban J connectivity index is 0.000000185. The van der Waals surface area contributed by atoms with Crippen LogP contribution in [0.4, 0.5) is 0 Å². The molecule has 0 radical (unpaired) electrons. The predicted octanol–water partition coefficient (Wildman–Crippen LogP) is 2.61. The molecule has 0 saturated carbocycles. The summed E-state index contributed by atoms with van der Waals surface area (Å²) >= 11 is 0. The molecule has 0 saturated heterocycles. The molecule has 2 rings (SSSR count). The van der Waals surface area contributed by atoms with Crippen molar-refractivity contribution in [2.45, 2.75) is 0 Å². The highest BCUT2D eigenvalue weighted by atomic mass is 31.2. The van der Waals surface area contributed by atoms with Crippen LogP contribution >= 0.6 is 16.5 Å². The van der Waals surface area contributed by atoms with Crippen molar-refractivity contribution in [1.82, 2.24) is 0 Å². The molecule has 0 spiro atoms. The first-order valence-corrected chi connectivity index (χ1v) is 7.20. The maximum atomic E-state index is 9.44. The van der Waals surface area contributed by atoms with Crippen LogP contribution in [0.15, 0.2) is 48.5 Å². The summed E-state index contributed by atoms with van der Waals surface area (Å²) in [5.74, 6) is 0. The van der Waals surface area contributed by atoms with E-state index in [1.165, 1.54) is 10.8 Å². The molecule has 17 heavy (non-hydrogen) atoms. The fourth-order valence-electron chi connectivity index (χ4n) is 1.21. The Morgan fingerprint density at radius 2 is 1.06 bits per heavy atom. The molecule has 7 heteroatoms. The quantitative estimate of drug-likeness (QED) is 0.822. The third kappa shape index (κ3) is 5.78. The van der Waals surface area contributed by atoms with Gasteiger partial charge in [-0.05, 0) is 10.8 Å². The van der Waals surface area contributed by atoms with Crippen molar-refractivity contribution >= 4 is 27.3 Å². The summed E-state index contributed by atoms with van der Waals surface area (Å²) in [6.45, 7) is 0. The minimum Gasteiger partial charge on any atom is -0.326 e. The average Bonchev–Trinajstić information content (AvgIpc) is 2.28. The predicted molar refractivity (Wildman–Crippen MR) is 67.5 cm³/mol. The Hall–Kier alpha value is -0.960. The van der Waals surface area contributed by atoms with E-state index < -0.39 is 16.5 Å². The van der Waals surface area contributed by atoms with Crippen LogP contribution in [0.2, 0.25) is 0 Å². The highest BCUT2D eigenvalue weighted by molar-refractivity contribution is 7.46. The number of hydrogen-bond donors (Lipinski definition) is 2. The van der Waals surface area contributed by atoms with Gasteiger partial charge in [0.15, 0.2) is 0 Å². The molecule has 2 aromatic rings. The Morgan fingerprint density at radius 3 is 1.24 bits per heavy atom. The zero-order chi connectivity index (χ0) is 12.7. The van der Waals surface area contributed by atoms with E-state index in [2.05, 4.69) is 52.8 Å². The van der Waals surface area contributed by atoms with Crippen LogP contribution in [0.25, 0.3) is 10.8 Å². The van der Waals surface area contributed by atoms with Crippen LogP contribution in [0, 0.1) is 0 Å². The Bertz CT molecular complexity index is 451. The largest absolute Gasteiger partial charge is 0.326 e. The van der Waals surface area contributed by atoms with E-state index in [1.807, 2.05) is 0 Å². The number of hydrogen-bond acceptors (Lipinski definition) is 3. The standard InChI is InChI=1S/C10H8.H4O5P2/c1-2-6-10-8-4-3-7-9(10)5-1;1-6(2)5-7(3)4/h1-8H;6-7H,(H,1,2)(H,3,4). The zero-order valence-electron chi connectivity index (χ0n) is 8.74. The Labute approximate surface area is 99.6 Å². The number of fused-ring (bicyclic) bond motifs is 1. The summed E-state index contributed by atoms with van der Waals surface area (Å²) < 4.78 is 22.3. The molecule has 0 amide bonds. The van der Waals surface area contributed by atoms with Gasteiger partial charge in [0.1, 0.15) is 0 Å². The van der Waals surface area contributed by atoms with Crippen molar-refractivity contribution in [1.29, 1.82) is 0 Å². The van der Waals surface area contributed by atoms with Crippen molar-refractivity contribution in [2.24, 2.45) is 0 Å². The molecule has 5 nitrogen and oxygen atoms in total. The summed E-state index contributed by atoms with van der Waals surface area (Å²) in [6.07, 6.45) is 0. The molecule has 0 aliphatic rings. The number of benzene rings is 2. The van der Waals surface area contributed by atoms with Gasteiger partial charge in [-0.3, -0.25) is 9.13 Å². The molecule has 0 fully saturated rings. The Morgan fingerprint density at radius 1 is 0.765 bits per heavy atom. The van der Waals surface area contributed by atoms with E-state index in [9.17, 15) is 9.13 Å². The van der Waals surface area contributed by atoms with Crippen LogP contribution < -0.4 is 0 Å². The highest BCUT2D eigenvalue weighted by Crippen LogP contribution is 2.30. The molecule has 2 N–H and O–H groups in total. The van der Waals surface area contributed by atoms with E-state index in [0.717, 1.165) is 0 Å². The lowest BCUT2D eigenvalue weighted by atomic mass is 10.1. The average molecular weight is 274 g/mol. The third-order valence-corrected chi connectivity index (χ3v) is 3.23. The molecule has 2 unspecified atom stereocenters. The maximum Gasteiger partial charge on any atom is 0.323 e. The topological polar surface area (TPSA) is 83.8 Å². The fraction of sp³-hybridized carbons (Fsp3) is 0. The van der Waals surface area contributed by atoms with Crippen LogP contribution in [0.5, 0.6) is 0 Å². The van der Waals surface area contributed by atoms with Crippen molar-refractivity contribution in [2.75, 3.05) is 0 Å². The van der Waals surface area contributed by atoms with Gasteiger partial charge >= 0.3 is 16.5 Å². The molecule has 0 aliphatic heterocycles. The maximum absolute atomic E-state index is 9.44. The molecule has 0 aliphatic carbocycles. The summed E-state index contributed by atoms with van der Waals surface area (Å²) in [5.41, 5.74) is 0. The monoisotopic (exact) mass is 274 g/mol. The lowest BCUT2D eigenvalue weighted by Gasteiger charge is -1.92. The van der Waals surface area contributed by atoms with Gasteiger partial charge in [-0.1, -0.05) is 48.5 Å². The van der Waals surface area contributed by atoms with Crippen molar-refractivity contribution < 1.29 is 23.2 Å². The smallest absolute Gasteiger partial charge is 0.323 e. The second-order valence-electron chi connectivity index (χ2n) is 2.98. The normalized spacial score (nSPS) is 13.5. The molecule has 0 heterocycles.